The zero-order valence-electron chi connectivity index (χ0n) is 16.8. The fourth-order valence-electron chi connectivity index (χ4n) is 2.88. The Morgan fingerprint density at radius 1 is 1.07 bits per heavy atom. The average molecular weight is 410 g/mol. The lowest BCUT2D eigenvalue weighted by Gasteiger charge is -2.09. The summed E-state index contributed by atoms with van der Waals surface area (Å²) in [5.74, 6) is -0.232. The molecule has 0 radical (unpaired) electrons. The third-order valence-electron chi connectivity index (χ3n) is 4.41. The van der Waals surface area contributed by atoms with E-state index in [1.54, 1.807) is 36.2 Å². The highest BCUT2D eigenvalue weighted by Gasteiger charge is 2.12. The molecule has 7 nitrogen and oxygen atoms in total. The van der Waals surface area contributed by atoms with Crippen molar-refractivity contribution in [2.24, 2.45) is 0 Å². The lowest BCUT2D eigenvalue weighted by molar-refractivity contribution is -0.120. The summed E-state index contributed by atoms with van der Waals surface area (Å²) < 4.78 is 19.8. The topological polar surface area (TPSA) is 85.2 Å². The zero-order chi connectivity index (χ0) is 21.5. The molecule has 1 heterocycles. The maximum Gasteiger partial charge on any atom is 0.271 e. The van der Waals surface area contributed by atoms with Crippen LogP contribution in [0.15, 0.2) is 54.7 Å². The molecular formula is C22H23FN4O3. The van der Waals surface area contributed by atoms with Crippen LogP contribution in [-0.4, -0.2) is 41.8 Å². The Labute approximate surface area is 173 Å². The van der Waals surface area contributed by atoms with Crippen LogP contribution in [0.2, 0.25) is 0 Å². The molecule has 0 atom stereocenters. The quantitative estimate of drug-likeness (QED) is 0.559. The monoisotopic (exact) mass is 410 g/mol. The van der Waals surface area contributed by atoms with Crippen LogP contribution in [0, 0.1) is 12.7 Å². The van der Waals surface area contributed by atoms with E-state index in [2.05, 4.69) is 15.7 Å². The van der Waals surface area contributed by atoms with Crippen molar-refractivity contribution in [2.45, 2.75) is 13.3 Å². The van der Waals surface area contributed by atoms with Gasteiger partial charge in [-0.15, -0.1) is 0 Å². The summed E-state index contributed by atoms with van der Waals surface area (Å²) in [5, 5.41) is 9.75. The summed E-state index contributed by atoms with van der Waals surface area (Å²) in [6.45, 7) is 2.50. The van der Waals surface area contributed by atoms with Crippen molar-refractivity contribution in [3.8, 4) is 11.4 Å². The molecule has 3 aromatic rings. The van der Waals surface area contributed by atoms with E-state index in [1.807, 2.05) is 25.1 Å². The maximum atomic E-state index is 12.9. The van der Waals surface area contributed by atoms with Gasteiger partial charge in [-0.3, -0.25) is 9.59 Å². The molecule has 0 fully saturated rings. The largest absolute Gasteiger partial charge is 0.494 e. The van der Waals surface area contributed by atoms with Crippen LogP contribution in [0.5, 0.6) is 5.75 Å². The number of aromatic nitrogens is 2. The number of benzene rings is 2. The first-order chi connectivity index (χ1) is 14.5. The molecule has 0 saturated carbocycles. The van der Waals surface area contributed by atoms with E-state index in [4.69, 9.17) is 4.74 Å². The lowest BCUT2D eigenvalue weighted by atomic mass is 10.1. The average Bonchev–Trinajstić information content (AvgIpc) is 3.23. The van der Waals surface area contributed by atoms with Gasteiger partial charge in [0.2, 0.25) is 5.91 Å². The minimum absolute atomic E-state index is 0.150. The smallest absolute Gasteiger partial charge is 0.271 e. The molecule has 2 amide bonds. The minimum Gasteiger partial charge on any atom is -0.494 e. The van der Waals surface area contributed by atoms with Gasteiger partial charge in [-0.05, 0) is 48.4 Å². The Kier molecular flexibility index (Phi) is 6.79. The van der Waals surface area contributed by atoms with Crippen LogP contribution in [0.1, 0.15) is 21.6 Å². The molecule has 0 bridgehead atoms. The van der Waals surface area contributed by atoms with Gasteiger partial charge in [-0.2, -0.15) is 5.10 Å². The fraction of sp³-hybridized carbons (Fsp3) is 0.227. The van der Waals surface area contributed by atoms with E-state index in [0.29, 0.717) is 5.75 Å². The van der Waals surface area contributed by atoms with Crippen LogP contribution in [0.25, 0.3) is 5.69 Å². The Morgan fingerprint density at radius 2 is 1.80 bits per heavy atom. The normalized spacial score (nSPS) is 10.5. The third-order valence-corrected chi connectivity index (χ3v) is 4.41. The highest BCUT2D eigenvalue weighted by Crippen LogP contribution is 2.23. The van der Waals surface area contributed by atoms with E-state index >= 15 is 0 Å². The highest BCUT2D eigenvalue weighted by molar-refractivity contribution is 5.92. The van der Waals surface area contributed by atoms with Crippen LogP contribution >= 0.6 is 0 Å². The summed E-state index contributed by atoms with van der Waals surface area (Å²) in [6.07, 6.45) is 1.84. The number of amides is 2. The van der Waals surface area contributed by atoms with Gasteiger partial charge in [0.15, 0.2) is 5.69 Å². The number of hydrogen-bond donors (Lipinski definition) is 2. The predicted molar refractivity (Wildman–Crippen MR) is 110 cm³/mol. The van der Waals surface area contributed by atoms with E-state index in [0.717, 1.165) is 16.8 Å². The first kappa shape index (κ1) is 21.0. The molecule has 0 unspecified atom stereocenters. The second-order valence-corrected chi connectivity index (χ2v) is 6.73. The molecule has 0 saturated heterocycles. The van der Waals surface area contributed by atoms with E-state index in [-0.39, 0.29) is 42.8 Å². The summed E-state index contributed by atoms with van der Waals surface area (Å²) in [7, 11) is 1.58. The van der Waals surface area contributed by atoms with Gasteiger partial charge in [0, 0.05) is 19.3 Å². The van der Waals surface area contributed by atoms with Crippen molar-refractivity contribution in [3.05, 3.63) is 77.4 Å². The number of nitrogens with zero attached hydrogens (tertiary/aromatic N) is 2. The van der Waals surface area contributed by atoms with Crippen LogP contribution in [0.4, 0.5) is 4.39 Å². The molecule has 0 aliphatic carbocycles. The van der Waals surface area contributed by atoms with Gasteiger partial charge in [0.1, 0.15) is 17.3 Å². The van der Waals surface area contributed by atoms with Crippen molar-refractivity contribution in [1.82, 2.24) is 20.4 Å². The van der Waals surface area contributed by atoms with Gasteiger partial charge < -0.3 is 15.4 Å². The van der Waals surface area contributed by atoms with Crippen LogP contribution < -0.4 is 15.4 Å². The number of halogens is 1. The highest BCUT2D eigenvalue weighted by atomic mass is 19.1. The first-order valence-corrected chi connectivity index (χ1v) is 9.46. The Morgan fingerprint density at radius 3 is 2.53 bits per heavy atom. The van der Waals surface area contributed by atoms with Gasteiger partial charge in [-0.1, -0.05) is 18.2 Å². The van der Waals surface area contributed by atoms with Crippen molar-refractivity contribution in [2.75, 3.05) is 20.2 Å². The van der Waals surface area contributed by atoms with Crippen molar-refractivity contribution in [1.29, 1.82) is 0 Å². The summed E-state index contributed by atoms with van der Waals surface area (Å²) in [6, 6.07) is 13.1. The molecular weight excluding hydrogens is 387 g/mol. The number of nitrogens with one attached hydrogen (secondary N) is 2. The molecule has 0 spiro atoms. The molecule has 30 heavy (non-hydrogen) atoms. The number of rotatable bonds is 8. The Balaban J connectivity index is 1.48. The predicted octanol–water partition coefficient (Wildman–Crippen LogP) is 2.42. The second-order valence-electron chi connectivity index (χ2n) is 6.73. The number of ether oxygens (including phenoxy) is 1. The van der Waals surface area contributed by atoms with Gasteiger partial charge in [-0.25, -0.2) is 9.07 Å². The first-order valence-electron chi connectivity index (χ1n) is 9.46. The van der Waals surface area contributed by atoms with Crippen molar-refractivity contribution < 1.29 is 18.7 Å². The number of methoxy groups -OCH3 is 1. The molecule has 0 aliphatic heterocycles. The maximum absolute atomic E-state index is 12.9. The van der Waals surface area contributed by atoms with E-state index in [9.17, 15) is 14.0 Å². The molecule has 8 heteroatoms. The molecule has 1 aromatic heterocycles. The zero-order valence-corrected chi connectivity index (χ0v) is 16.8. The number of carbonyl (C=O) groups is 2. The third kappa shape index (κ3) is 5.44. The minimum atomic E-state index is -0.342. The van der Waals surface area contributed by atoms with E-state index < -0.39 is 0 Å². The van der Waals surface area contributed by atoms with Crippen molar-refractivity contribution in [3.63, 3.8) is 0 Å². The van der Waals surface area contributed by atoms with E-state index in [1.165, 1.54) is 12.1 Å². The number of hydrogen-bond acceptors (Lipinski definition) is 4. The van der Waals surface area contributed by atoms with Gasteiger partial charge in [0.05, 0.1) is 13.5 Å². The van der Waals surface area contributed by atoms with Gasteiger partial charge >= 0.3 is 0 Å². The van der Waals surface area contributed by atoms with Crippen molar-refractivity contribution >= 4 is 11.8 Å². The van der Waals surface area contributed by atoms with Gasteiger partial charge in [0.25, 0.3) is 5.91 Å². The van der Waals surface area contributed by atoms with Crippen LogP contribution in [0.3, 0.4) is 0 Å². The molecule has 2 N–H and O–H groups in total. The molecule has 2 aromatic carbocycles. The fourth-order valence-corrected chi connectivity index (χ4v) is 2.88. The molecule has 3 rings (SSSR count). The lowest BCUT2D eigenvalue weighted by Crippen LogP contribution is -2.35. The summed E-state index contributed by atoms with van der Waals surface area (Å²) in [4.78, 5) is 24.2. The standard InChI is InChI=1S/C22H23FN4O3/c1-15-3-8-20(30-2)19(13-15)27-12-9-18(26-27)22(29)25-11-10-24-21(28)14-16-4-6-17(23)7-5-16/h3-9,12-13H,10-11,14H2,1-2H3,(H,24,28)(H,25,29). The number of aryl methyl sites for hydroxylation is 1. The van der Waals surface area contributed by atoms with Crippen LogP contribution in [-0.2, 0) is 11.2 Å². The number of carbonyl (C=O) groups excluding carboxylic acids is 2. The Bertz CT molecular complexity index is 1030. The summed E-state index contributed by atoms with van der Waals surface area (Å²) >= 11 is 0. The SMILES string of the molecule is COc1ccc(C)cc1-n1ccc(C(=O)NCCNC(=O)Cc2ccc(F)cc2)n1. The summed E-state index contributed by atoms with van der Waals surface area (Å²) in [5.41, 5.74) is 2.76. The molecule has 0 aliphatic rings. The Hall–Kier alpha value is -3.68. The second kappa shape index (κ2) is 9.69. The molecule has 156 valence electrons.